The summed E-state index contributed by atoms with van der Waals surface area (Å²) in [4.78, 5) is 22.7. The highest BCUT2D eigenvalue weighted by Crippen LogP contribution is 2.26. The van der Waals surface area contributed by atoms with Gasteiger partial charge in [-0.2, -0.15) is 5.10 Å². The average Bonchev–Trinajstić information content (AvgIpc) is 3.47. The zero-order valence-electron chi connectivity index (χ0n) is 19.9. The van der Waals surface area contributed by atoms with Crippen LogP contribution in [0.15, 0.2) is 61.1 Å². The summed E-state index contributed by atoms with van der Waals surface area (Å²) in [6, 6.07) is 13.7. The molecular formula is C26H27N7O2. The molecule has 2 amide bonds. The number of amides is 2. The van der Waals surface area contributed by atoms with Gasteiger partial charge in [-0.1, -0.05) is 12.1 Å². The van der Waals surface area contributed by atoms with Crippen molar-refractivity contribution >= 4 is 23.2 Å². The van der Waals surface area contributed by atoms with E-state index in [4.69, 9.17) is 4.74 Å². The Balaban J connectivity index is 1.28. The molecule has 9 nitrogen and oxygen atoms in total. The number of aryl methyl sites for hydroxylation is 2. The number of nitrogens with one attached hydrogen (secondary N) is 2. The predicted octanol–water partition coefficient (Wildman–Crippen LogP) is 4.29. The molecule has 4 aromatic rings. The average molecular weight is 470 g/mol. The number of hydrogen-bond donors (Lipinski definition) is 2. The molecule has 1 aliphatic rings. The normalized spacial score (nSPS) is 13.1. The quantitative estimate of drug-likeness (QED) is 0.419. The molecule has 0 aliphatic carbocycles. The number of carbonyl (C=O) groups excluding carboxylic acids is 1. The van der Waals surface area contributed by atoms with Crippen molar-refractivity contribution in [2.75, 3.05) is 30.4 Å². The van der Waals surface area contributed by atoms with Gasteiger partial charge in [-0.05, 0) is 60.9 Å². The van der Waals surface area contributed by atoms with Crippen molar-refractivity contribution in [3.8, 4) is 17.1 Å². The number of aromatic nitrogens is 4. The molecule has 0 saturated carbocycles. The lowest BCUT2D eigenvalue weighted by atomic mass is 10.1. The SMILES string of the molecule is COc1c(C)cc(Cn2cc(Nc3ccnc(-c4ccc(N5CCNC5=O)cc4)n3)cn2)cc1C. The Hall–Kier alpha value is -4.40. The number of hydrogen-bond acceptors (Lipinski definition) is 6. The van der Waals surface area contributed by atoms with Crippen molar-refractivity contribution in [3.63, 3.8) is 0 Å². The van der Waals surface area contributed by atoms with Gasteiger partial charge in [-0.15, -0.1) is 0 Å². The van der Waals surface area contributed by atoms with Gasteiger partial charge < -0.3 is 15.4 Å². The summed E-state index contributed by atoms with van der Waals surface area (Å²) in [5, 5.41) is 10.6. The maximum atomic E-state index is 11.9. The van der Waals surface area contributed by atoms with Gasteiger partial charge in [-0.3, -0.25) is 9.58 Å². The van der Waals surface area contributed by atoms with Crippen LogP contribution in [-0.4, -0.2) is 46.0 Å². The number of nitrogens with zero attached hydrogens (tertiary/aromatic N) is 5. The van der Waals surface area contributed by atoms with Crippen LogP contribution in [0.1, 0.15) is 16.7 Å². The number of anilines is 3. The first-order valence-corrected chi connectivity index (χ1v) is 11.4. The van der Waals surface area contributed by atoms with E-state index < -0.39 is 0 Å². The van der Waals surface area contributed by atoms with E-state index in [-0.39, 0.29) is 6.03 Å². The minimum atomic E-state index is -0.0713. The Labute approximate surface area is 203 Å². The number of benzene rings is 2. The number of ether oxygens (including phenoxy) is 1. The minimum Gasteiger partial charge on any atom is -0.496 e. The van der Waals surface area contributed by atoms with Gasteiger partial charge in [0.25, 0.3) is 0 Å². The maximum absolute atomic E-state index is 11.9. The van der Waals surface area contributed by atoms with Crippen LogP contribution >= 0.6 is 0 Å². The van der Waals surface area contributed by atoms with Crippen LogP contribution in [-0.2, 0) is 6.54 Å². The lowest BCUT2D eigenvalue weighted by Gasteiger charge is -2.14. The fraction of sp³-hybridized carbons (Fsp3) is 0.231. The van der Waals surface area contributed by atoms with Crippen molar-refractivity contribution < 1.29 is 9.53 Å². The van der Waals surface area contributed by atoms with E-state index >= 15 is 0 Å². The summed E-state index contributed by atoms with van der Waals surface area (Å²) in [6.45, 7) is 6.08. The van der Waals surface area contributed by atoms with Crippen LogP contribution in [0.3, 0.4) is 0 Å². The van der Waals surface area contributed by atoms with Crippen LogP contribution in [0.5, 0.6) is 5.75 Å². The Morgan fingerprint density at radius 3 is 2.57 bits per heavy atom. The Bertz CT molecular complexity index is 1340. The lowest BCUT2D eigenvalue weighted by Crippen LogP contribution is -2.27. The number of methoxy groups -OCH3 is 1. The molecule has 0 unspecified atom stereocenters. The van der Waals surface area contributed by atoms with Gasteiger partial charge in [0.15, 0.2) is 5.82 Å². The molecule has 3 heterocycles. The van der Waals surface area contributed by atoms with Gasteiger partial charge in [0, 0.05) is 36.7 Å². The summed E-state index contributed by atoms with van der Waals surface area (Å²) in [7, 11) is 1.70. The van der Waals surface area contributed by atoms with Crippen molar-refractivity contribution in [2.24, 2.45) is 0 Å². The van der Waals surface area contributed by atoms with E-state index in [1.165, 1.54) is 0 Å². The van der Waals surface area contributed by atoms with Crippen molar-refractivity contribution in [1.82, 2.24) is 25.1 Å². The van der Waals surface area contributed by atoms with Crippen LogP contribution in [0, 0.1) is 13.8 Å². The summed E-state index contributed by atoms with van der Waals surface area (Å²) < 4.78 is 7.35. The first-order valence-electron chi connectivity index (χ1n) is 11.4. The van der Waals surface area contributed by atoms with E-state index in [0.717, 1.165) is 39.4 Å². The van der Waals surface area contributed by atoms with Gasteiger partial charge in [0.05, 0.1) is 25.5 Å². The zero-order chi connectivity index (χ0) is 24.4. The summed E-state index contributed by atoms with van der Waals surface area (Å²) >= 11 is 0. The second-order valence-electron chi connectivity index (χ2n) is 8.51. The highest BCUT2D eigenvalue weighted by Gasteiger charge is 2.21. The van der Waals surface area contributed by atoms with E-state index in [2.05, 4.69) is 51.7 Å². The van der Waals surface area contributed by atoms with E-state index in [0.29, 0.717) is 31.3 Å². The van der Waals surface area contributed by atoms with Crippen LogP contribution in [0.2, 0.25) is 0 Å². The molecule has 178 valence electrons. The molecule has 1 fully saturated rings. The number of urea groups is 1. The molecule has 2 aromatic heterocycles. The van der Waals surface area contributed by atoms with Gasteiger partial charge in [-0.25, -0.2) is 14.8 Å². The third kappa shape index (κ3) is 4.79. The molecule has 5 rings (SSSR count). The predicted molar refractivity (Wildman–Crippen MR) is 135 cm³/mol. The molecule has 0 radical (unpaired) electrons. The van der Waals surface area contributed by atoms with Crippen molar-refractivity contribution in [3.05, 3.63) is 77.7 Å². The highest BCUT2D eigenvalue weighted by atomic mass is 16.5. The third-order valence-electron chi connectivity index (χ3n) is 5.92. The second kappa shape index (κ2) is 9.46. The first kappa shape index (κ1) is 22.4. The second-order valence-corrected chi connectivity index (χ2v) is 8.51. The molecular weight excluding hydrogens is 442 g/mol. The van der Waals surface area contributed by atoms with E-state index in [9.17, 15) is 4.79 Å². The molecule has 0 atom stereocenters. The Kier molecular flexibility index (Phi) is 6.05. The lowest BCUT2D eigenvalue weighted by molar-refractivity contribution is 0.252. The standard InChI is InChI=1S/C26H27N7O2/c1-17-12-19(13-18(2)24(17)35-3)15-32-16-21(14-29-32)30-23-8-9-27-25(31-23)20-4-6-22(7-5-20)33-11-10-28-26(33)34/h4-9,12-14,16H,10-11,15H2,1-3H3,(H,28,34)(H,27,30,31). The fourth-order valence-electron chi connectivity index (χ4n) is 4.38. The maximum Gasteiger partial charge on any atom is 0.321 e. The molecule has 2 N–H and O–H groups in total. The molecule has 1 saturated heterocycles. The largest absolute Gasteiger partial charge is 0.496 e. The van der Waals surface area contributed by atoms with Gasteiger partial charge in [0.1, 0.15) is 11.6 Å². The zero-order valence-corrected chi connectivity index (χ0v) is 19.9. The Morgan fingerprint density at radius 2 is 1.89 bits per heavy atom. The number of carbonyl (C=O) groups is 1. The molecule has 2 aromatic carbocycles. The van der Waals surface area contributed by atoms with E-state index in [1.54, 1.807) is 24.4 Å². The van der Waals surface area contributed by atoms with Crippen LogP contribution in [0.4, 0.5) is 22.0 Å². The smallest absolute Gasteiger partial charge is 0.321 e. The Morgan fingerprint density at radius 1 is 1.11 bits per heavy atom. The molecule has 0 spiro atoms. The molecule has 35 heavy (non-hydrogen) atoms. The van der Waals surface area contributed by atoms with Crippen molar-refractivity contribution in [1.29, 1.82) is 0 Å². The monoisotopic (exact) mass is 469 g/mol. The molecule has 1 aliphatic heterocycles. The molecule has 0 bridgehead atoms. The summed E-state index contributed by atoms with van der Waals surface area (Å²) in [6.07, 6.45) is 5.45. The van der Waals surface area contributed by atoms with Gasteiger partial charge >= 0.3 is 6.03 Å². The number of rotatable bonds is 7. The van der Waals surface area contributed by atoms with Crippen LogP contribution < -0.4 is 20.3 Å². The first-order chi connectivity index (χ1) is 17.0. The third-order valence-corrected chi connectivity index (χ3v) is 5.92. The van der Waals surface area contributed by atoms with Crippen molar-refractivity contribution in [2.45, 2.75) is 20.4 Å². The summed E-state index contributed by atoms with van der Waals surface area (Å²) in [5.41, 5.74) is 5.95. The fourth-order valence-corrected chi connectivity index (χ4v) is 4.38. The van der Waals surface area contributed by atoms with E-state index in [1.807, 2.05) is 41.2 Å². The van der Waals surface area contributed by atoms with Crippen LogP contribution in [0.25, 0.3) is 11.4 Å². The highest BCUT2D eigenvalue weighted by molar-refractivity contribution is 5.94. The summed E-state index contributed by atoms with van der Waals surface area (Å²) in [5.74, 6) is 2.20. The molecule has 9 heteroatoms. The van der Waals surface area contributed by atoms with Gasteiger partial charge in [0.2, 0.25) is 0 Å². The topological polar surface area (TPSA) is 97.2 Å². The minimum absolute atomic E-state index is 0.0713.